The van der Waals surface area contributed by atoms with Gasteiger partial charge in [-0.25, -0.2) is 4.79 Å². The fourth-order valence-electron chi connectivity index (χ4n) is 2.17. The smallest absolute Gasteiger partial charge is 0.317 e. The summed E-state index contributed by atoms with van der Waals surface area (Å²) in [6, 6.07) is -0.186. The molecule has 0 aromatic heterocycles. The summed E-state index contributed by atoms with van der Waals surface area (Å²) in [7, 11) is 1.56. The average Bonchev–Trinajstić information content (AvgIpc) is 2.63. The Hall–Kier alpha value is -1.26. The van der Waals surface area contributed by atoms with Crippen molar-refractivity contribution in [2.24, 2.45) is 5.41 Å². The van der Waals surface area contributed by atoms with Crippen LogP contribution in [0.25, 0.3) is 0 Å². The average molecular weight is 214 g/mol. The van der Waals surface area contributed by atoms with E-state index in [0.717, 1.165) is 6.42 Å². The number of hydrogen-bond donors (Lipinski definition) is 2. The van der Waals surface area contributed by atoms with Crippen molar-refractivity contribution in [3.05, 3.63) is 0 Å². The van der Waals surface area contributed by atoms with Gasteiger partial charge in [0, 0.05) is 20.1 Å². The quantitative estimate of drug-likeness (QED) is 0.733. The van der Waals surface area contributed by atoms with E-state index in [0.29, 0.717) is 25.9 Å². The first-order chi connectivity index (χ1) is 7.05. The lowest BCUT2D eigenvalue weighted by molar-refractivity contribution is -0.148. The maximum absolute atomic E-state index is 11.4. The molecule has 1 atom stereocenters. The third-order valence-electron chi connectivity index (χ3n) is 3.04. The van der Waals surface area contributed by atoms with Gasteiger partial charge in [-0.05, 0) is 12.8 Å². The standard InChI is InChI=1S/C10H18N2O3/c1-3-4-10(8(13)14)5-6-12(7-10)9(15)11-2/h3-7H2,1-2H3,(H,11,15)(H,13,14). The second-order valence-corrected chi connectivity index (χ2v) is 4.06. The van der Waals surface area contributed by atoms with Gasteiger partial charge in [0.25, 0.3) is 0 Å². The number of nitrogens with zero attached hydrogens (tertiary/aromatic N) is 1. The molecule has 1 heterocycles. The maximum atomic E-state index is 11.4. The minimum Gasteiger partial charge on any atom is -0.481 e. The Morgan fingerprint density at radius 1 is 1.53 bits per heavy atom. The summed E-state index contributed by atoms with van der Waals surface area (Å²) in [5.74, 6) is -0.782. The van der Waals surface area contributed by atoms with Crippen molar-refractivity contribution in [1.82, 2.24) is 10.2 Å². The number of aliphatic carboxylic acids is 1. The Morgan fingerprint density at radius 2 is 2.20 bits per heavy atom. The van der Waals surface area contributed by atoms with Crippen molar-refractivity contribution in [3.8, 4) is 0 Å². The number of nitrogens with one attached hydrogen (secondary N) is 1. The molecule has 0 saturated carbocycles. The minimum absolute atomic E-state index is 0.186. The van der Waals surface area contributed by atoms with Crippen molar-refractivity contribution < 1.29 is 14.7 Å². The summed E-state index contributed by atoms with van der Waals surface area (Å²) < 4.78 is 0. The van der Waals surface area contributed by atoms with E-state index in [9.17, 15) is 14.7 Å². The summed E-state index contributed by atoms with van der Waals surface area (Å²) in [6.45, 7) is 2.83. The Kier molecular flexibility index (Phi) is 3.55. The van der Waals surface area contributed by atoms with Gasteiger partial charge in [-0.1, -0.05) is 13.3 Å². The monoisotopic (exact) mass is 214 g/mol. The van der Waals surface area contributed by atoms with Gasteiger partial charge >= 0.3 is 12.0 Å². The molecule has 1 aliphatic rings. The molecular weight excluding hydrogens is 196 g/mol. The molecule has 0 bridgehead atoms. The molecule has 5 heteroatoms. The van der Waals surface area contributed by atoms with Crippen LogP contribution < -0.4 is 5.32 Å². The molecular formula is C10H18N2O3. The first kappa shape index (κ1) is 11.8. The number of carbonyl (C=O) groups excluding carboxylic acids is 1. The predicted octanol–water partition coefficient (Wildman–Crippen LogP) is 0.903. The topological polar surface area (TPSA) is 69.6 Å². The van der Waals surface area contributed by atoms with E-state index < -0.39 is 11.4 Å². The van der Waals surface area contributed by atoms with Crippen LogP contribution in [0, 0.1) is 5.41 Å². The lowest BCUT2D eigenvalue weighted by Crippen LogP contribution is -2.40. The van der Waals surface area contributed by atoms with Crippen LogP contribution >= 0.6 is 0 Å². The van der Waals surface area contributed by atoms with Crippen LogP contribution in [0.1, 0.15) is 26.2 Å². The van der Waals surface area contributed by atoms with Crippen LogP contribution in [0.2, 0.25) is 0 Å². The molecule has 2 amide bonds. The number of likely N-dealkylation sites (tertiary alicyclic amines) is 1. The summed E-state index contributed by atoms with van der Waals surface area (Å²) in [5, 5.41) is 11.7. The molecule has 5 nitrogen and oxygen atoms in total. The third kappa shape index (κ3) is 2.22. The van der Waals surface area contributed by atoms with Gasteiger partial charge in [0.05, 0.1) is 5.41 Å². The zero-order chi connectivity index (χ0) is 11.5. The third-order valence-corrected chi connectivity index (χ3v) is 3.04. The highest BCUT2D eigenvalue weighted by Gasteiger charge is 2.45. The first-order valence-electron chi connectivity index (χ1n) is 5.26. The van der Waals surface area contributed by atoms with E-state index in [1.54, 1.807) is 11.9 Å². The molecule has 1 unspecified atom stereocenters. The van der Waals surface area contributed by atoms with Gasteiger partial charge in [-0.15, -0.1) is 0 Å². The van der Waals surface area contributed by atoms with Crippen molar-refractivity contribution in [2.75, 3.05) is 20.1 Å². The van der Waals surface area contributed by atoms with Gasteiger partial charge in [0.2, 0.25) is 0 Å². The Bertz CT molecular complexity index is 267. The number of carboxylic acid groups (broad SMARTS) is 1. The number of rotatable bonds is 3. The van der Waals surface area contributed by atoms with Gasteiger partial charge in [-0.2, -0.15) is 0 Å². The summed E-state index contributed by atoms with van der Waals surface area (Å²) in [5.41, 5.74) is -0.721. The van der Waals surface area contributed by atoms with Gasteiger partial charge in [-0.3, -0.25) is 4.79 Å². The number of amides is 2. The molecule has 1 aliphatic heterocycles. The van der Waals surface area contributed by atoms with Crippen LogP contribution in [0.3, 0.4) is 0 Å². The summed E-state index contributed by atoms with van der Waals surface area (Å²) in [6.07, 6.45) is 2.02. The van der Waals surface area contributed by atoms with E-state index in [4.69, 9.17) is 0 Å². The maximum Gasteiger partial charge on any atom is 0.317 e. The molecule has 0 spiro atoms. The van der Waals surface area contributed by atoms with E-state index >= 15 is 0 Å². The largest absolute Gasteiger partial charge is 0.481 e. The minimum atomic E-state index is -0.782. The van der Waals surface area contributed by atoms with E-state index in [2.05, 4.69) is 5.32 Å². The van der Waals surface area contributed by atoms with Crippen molar-refractivity contribution in [2.45, 2.75) is 26.2 Å². The van der Waals surface area contributed by atoms with Crippen molar-refractivity contribution in [3.63, 3.8) is 0 Å². The fourth-order valence-corrected chi connectivity index (χ4v) is 2.17. The van der Waals surface area contributed by atoms with Gasteiger partial charge in [0.1, 0.15) is 0 Å². The summed E-state index contributed by atoms with van der Waals surface area (Å²) >= 11 is 0. The van der Waals surface area contributed by atoms with Crippen LogP contribution in [0.5, 0.6) is 0 Å². The van der Waals surface area contributed by atoms with Crippen LogP contribution in [-0.2, 0) is 4.79 Å². The molecule has 2 N–H and O–H groups in total. The van der Waals surface area contributed by atoms with Gasteiger partial charge in [0.15, 0.2) is 0 Å². The van der Waals surface area contributed by atoms with Crippen LogP contribution in [0.15, 0.2) is 0 Å². The predicted molar refractivity (Wildman–Crippen MR) is 55.6 cm³/mol. The Labute approximate surface area is 89.4 Å². The van der Waals surface area contributed by atoms with E-state index in [1.807, 2.05) is 6.92 Å². The Morgan fingerprint density at radius 3 is 2.67 bits per heavy atom. The number of urea groups is 1. The SMILES string of the molecule is CCCC1(C(=O)O)CCN(C(=O)NC)C1. The second-order valence-electron chi connectivity index (χ2n) is 4.06. The number of hydrogen-bond acceptors (Lipinski definition) is 2. The zero-order valence-electron chi connectivity index (χ0n) is 9.25. The van der Waals surface area contributed by atoms with Crippen molar-refractivity contribution >= 4 is 12.0 Å². The van der Waals surface area contributed by atoms with Crippen LogP contribution in [-0.4, -0.2) is 42.1 Å². The molecule has 0 aromatic rings. The molecule has 1 saturated heterocycles. The zero-order valence-corrected chi connectivity index (χ0v) is 9.25. The molecule has 1 fully saturated rings. The highest BCUT2D eigenvalue weighted by molar-refractivity contribution is 5.79. The number of carbonyl (C=O) groups is 2. The first-order valence-corrected chi connectivity index (χ1v) is 5.26. The fraction of sp³-hybridized carbons (Fsp3) is 0.800. The molecule has 1 rings (SSSR count). The molecule has 15 heavy (non-hydrogen) atoms. The molecule has 0 aromatic carbocycles. The lowest BCUT2D eigenvalue weighted by Gasteiger charge is -2.23. The second kappa shape index (κ2) is 4.51. The van der Waals surface area contributed by atoms with Gasteiger partial charge < -0.3 is 15.3 Å². The normalized spacial score (nSPS) is 25.3. The number of carboxylic acids is 1. The molecule has 86 valence electrons. The van der Waals surface area contributed by atoms with Crippen molar-refractivity contribution in [1.29, 1.82) is 0 Å². The summed E-state index contributed by atoms with van der Waals surface area (Å²) in [4.78, 5) is 24.1. The Balaban J connectivity index is 2.72. The van der Waals surface area contributed by atoms with Crippen LogP contribution in [0.4, 0.5) is 4.79 Å². The highest BCUT2D eigenvalue weighted by atomic mass is 16.4. The van der Waals surface area contributed by atoms with E-state index in [-0.39, 0.29) is 6.03 Å². The van der Waals surface area contributed by atoms with E-state index in [1.165, 1.54) is 0 Å². The molecule has 0 radical (unpaired) electrons. The molecule has 0 aliphatic carbocycles. The lowest BCUT2D eigenvalue weighted by atomic mass is 9.83. The highest BCUT2D eigenvalue weighted by Crippen LogP contribution is 2.35.